The van der Waals surface area contributed by atoms with Crippen molar-refractivity contribution in [3.8, 4) is 0 Å². The van der Waals surface area contributed by atoms with Gasteiger partial charge in [-0.05, 0) is 30.7 Å². The number of rotatable bonds is 6. The highest BCUT2D eigenvalue weighted by molar-refractivity contribution is 5.24. The minimum atomic E-state index is -4.30. The fourth-order valence-electron chi connectivity index (χ4n) is 1.85. The molecule has 0 saturated carbocycles. The second-order valence-electron chi connectivity index (χ2n) is 4.73. The van der Waals surface area contributed by atoms with Crippen LogP contribution >= 0.6 is 0 Å². The number of hydrogen-bond donors (Lipinski definition) is 1. The summed E-state index contributed by atoms with van der Waals surface area (Å²) in [5.74, 6) is 0.676. The lowest BCUT2D eigenvalue weighted by molar-refractivity contribution is -0.137. The van der Waals surface area contributed by atoms with Crippen LogP contribution in [-0.2, 0) is 19.3 Å². The molecule has 0 spiro atoms. The van der Waals surface area contributed by atoms with E-state index in [9.17, 15) is 13.2 Å². The van der Waals surface area contributed by atoms with Crippen LogP contribution in [0.2, 0.25) is 0 Å². The Balaban J connectivity index is 1.95. The van der Waals surface area contributed by atoms with E-state index in [0.29, 0.717) is 18.9 Å². The summed E-state index contributed by atoms with van der Waals surface area (Å²) in [6.07, 6.45) is -1.68. The van der Waals surface area contributed by atoms with Crippen molar-refractivity contribution in [3.05, 3.63) is 47.5 Å². The fourth-order valence-corrected chi connectivity index (χ4v) is 1.85. The van der Waals surface area contributed by atoms with Gasteiger partial charge >= 0.3 is 6.18 Å². The molecule has 1 N–H and O–H groups in total. The van der Waals surface area contributed by atoms with E-state index < -0.39 is 11.7 Å². The van der Waals surface area contributed by atoms with Gasteiger partial charge in [0.2, 0.25) is 0 Å². The molecule has 1 heterocycles. The first-order valence-electron chi connectivity index (χ1n) is 6.74. The molecule has 0 atom stereocenters. The van der Waals surface area contributed by atoms with Gasteiger partial charge in [-0.15, -0.1) is 0 Å². The van der Waals surface area contributed by atoms with Gasteiger partial charge in [-0.2, -0.15) is 18.3 Å². The minimum absolute atomic E-state index is 0.402. The molecule has 1 aromatic carbocycles. The average Bonchev–Trinajstić information content (AvgIpc) is 2.86. The molecule has 0 aliphatic heterocycles. The first-order chi connectivity index (χ1) is 9.99. The topological polar surface area (TPSA) is 42.7 Å². The van der Waals surface area contributed by atoms with E-state index in [1.165, 1.54) is 12.1 Å². The molecule has 0 fully saturated rings. The van der Waals surface area contributed by atoms with Crippen molar-refractivity contribution in [2.45, 2.75) is 32.6 Å². The van der Waals surface area contributed by atoms with Crippen LogP contribution in [0.15, 0.2) is 30.6 Å². The van der Waals surface area contributed by atoms with Gasteiger partial charge in [0.05, 0.1) is 18.7 Å². The second-order valence-corrected chi connectivity index (χ2v) is 4.73. The smallest absolute Gasteiger partial charge is 0.310 e. The van der Waals surface area contributed by atoms with Crippen LogP contribution in [0.1, 0.15) is 30.3 Å². The van der Waals surface area contributed by atoms with E-state index >= 15 is 0 Å². The van der Waals surface area contributed by atoms with Gasteiger partial charge in [-0.25, -0.2) is 9.67 Å². The highest BCUT2D eigenvalue weighted by Crippen LogP contribution is 2.29. The summed E-state index contributed by atoms with van der Waals surface area (Å²) in [5.41, 5.74) is 0.107. The summed E-state index contributed by atoms with van der Waals surface area (Å²) in [5, 5.41) is 7.46. The number of alkyl halides is 3. The highest BCUT2D eigenvalue weighted by atomic mass is 19.4. The maximum absolute atomic E-state index is 12.5. The first kappa shape index (κ1) is 15.5. The molecule has 2 rings (SSSR count). The SMILES string of the molecule is CCCNCc1ncn(Cc2ccc(C(F)(F)F)cc2)n1. The highest BCUT2D eigenvalue weighted by Gasteiger charge is 2.29. The number of aromatic nitrogens is 3. The third kappa shape index (κ3) is 4.56. The average molecular weight is 298 g/mol. The van der Waals surface area contributed by atoms with Crippen molar-refractivity contribution in [1.29, 1.82) is 0 Å². The Morgan fingerprint density at radius 2 is 1.90 bits per heavy atom. The summed E-state index contributed by atoms with van der Waals surface area (Å²) in [7, 11) is 0. The fraction of sp³-hybridized carbons (Fsp3) is 0.429. The summed E-state index contributed by atoms with van der Waals surface area (Å²) >= 11 is 0. The summed E-state index contributed by atoms with van der Waals surface area (Å²) in [6.45, 7) is 3.96. The van der Waals surface area contributed by atoms with Crippen molar-refractivity contribution < 1.29 is 13.2 Å². The molecule has 0 unspecified atom stereocenters. The molecule has 21 heavy (non-hydrogen) atoms. The lowest BCUT2D eigenvalue weighted by Gasteiger charge is -2.07. The molecule has 0 aliphatic carbocycles. The van der Waals surface area contributed by atoms with Crippen molar-refractivity contribution in [3.63, 3.8) is 0 Å². The molecule has 0 amide bonds. The van der Waals surface area contributed by atoms with E-state index in [1.807, 2.05) is 0 Å². The molecule has 1 aromatic heterocycles. The number of hydrogen-bond acceptors (Lipinski definition) is 3. The van der Waals surface area contributed by atoms with Gasteiger partial charge in [0.15, 0.2) is 5.82 Å². The standard InChI is InChI=1S/C14H17F3N4/c1-2-7-18-8-13-19-10-21(20-13)9-11-3-5-12(6-4-11)14(15,16)17/h3-6,10,18H,2,7-9H2,1H3. The monoisotopic (exact) mass is 298 g/mol. The van der Waals surface area contributed by atoms with Crippen LogP contribution in [0.4, 0.5) is 13.2 Å². The van der Waals surface area contributed by atoms with Gasteiger partial charge in [-0.3, -0.25) is 0 Å². The predicted molar refractivity (Wildman–Crippen MR) is 72.6 cm³/mol. The van der Waals surface area contributed by atoms with Crippen molar-refractivity contribution in [1.82, 2.24) is 20.1 Å². The largest absolute Gasteiger partial charge is 0.416 e. The minimum Gasteiger partial charge on any atom is -0.310 e. The Labute approximate surface area is 121 Å². The zero-order valence-corrected chi connectivity index (χ0v) is 11.7. The van der Waals surface area contributed by atoms with Crippen LogP contribution in [-0.4, -0.2) is 21.3 Å². The molecule has 114 valence electrons. The number of nitrogens with one attached hydrogen (secondary N) is 1. The zero-order valence-electron chi connectivity index (χ0n) is 11.7. The molecular weight excluding hydrogens is 281 g/mol. The summed E-state index contributed by atoms with van der Waals surface area (Å²) in [4.78, 5) is 4.15. The molecule has 0 radical (unpaired) electrons. The number of halogens is 3. The molecule has 2 aromatic rings. The van der Waals surface area contributed by atoms with E-state index in [0.717, 1.165) is 30.7 Å². The predicted octanol–water partition coefficient (Wildman–Crippen LogP) is 2.84. The molecule has 4 nitrogen and oxygen atoms in total. The van der Waals surface area contributed by atoms with Gasteiger partial charge in [0.1, 0.15) is 6.33 Å². The molecular formula is C14H17F3N4. The van der Waals surface area contributed by atoms with Gasteiger partial charge in [0, 0.05) is 0 Å². The maximum Gasteiger partial charge on any atom is 0.416 e. The lowest BCUT2D eigenvalue weighted by Crippen LogP contribution is -2.15. The second kappa shape index (κ2) is 6.71. The normalized spacial score (nSPS) is 11.8. The van der Waals surface area contributed by atoms with Gasteiger partial charge in [0.25, 0.3) is 0 Å². The Kier molecular flexibility index (Phi) is 4.95. The Morgan fingerprint density at radius 3 is 2.52 bits per heavy atom. The molecule has 0 bridgehead atoms. The van der Waals surface area contributed by atoms with E-state index in [-0.39, 0.29) is 0 Å². The third-order valence-corrected chi connectivity index (χ3v) is 2.92. The van der Waals surface area contributed by atoms with Crippen molar-refractivity contribution in [2.24, 2.45) is 0 Å². The first-order valence-corrected chi connectivity index (χ1v) is 6.74. The van der Waals surface area contributed by atoms with Crippen LogP contribution < -0.4 is 5.32 Å². The number of benzene rings is 1. The maximum atomic E-state index is 12.5. The van der Waals surface area contributed by atoms with Gasteiger partial charge in [-0.1, -0.05) is 19.1 Å². The van der Waals surface area contributed by atoms with Crippen LogP contribution in [0.25, 0.3) is 0 Å². The van der Waals surface area contributed by atoms with Crippen molar-refractivity contribution in [2.75, 3.05) is 6.54 Å². The zero-order chi connectivity index (χ0) is 15.3. The molecule has 0 aliphatic rings. The van der Waals surface area contributed by atoms with E-state index in [4.69, 9.17) is 0 Å². The van der Waals surface area contributed by atoms with E-state index in [2.05, 4.69) is 22.3 Å². The number of nitrogens with zero attached hydrogens (tertiary/aromatic N) is 3. The quantitative estimate of drug-likeness (QED) is 0.834. The van der Waals surface area contributed by atoms with Crippen molar-refractivity contribution >= 4 is 0 Å². The van der Waals surface area contributed by atoms with Crippen LogP contribution in [0.3, 0.4) is 0 Å². The van der Waals surface area contributed by atoms with Gasteiger partial charge < -0.3 is 5.32 Å². The summed E-state index contributed by atoms with van der Waals surface area (Å²) < 4.78 is 39.0. The Hall–Kier alpha value is -1.89. The molecule has 0 saturated heterocycles. The Morgan fingerprint density at radius 1 is 1.19 bits per heavy atom. The van der Waals surface area contributed by atoms with Crippen LogP contribution in [0, 0.1) is 0 Å². The van der Waals surface area contributed by atoms with E-state index in [1.54, 1.807) is 11.0 Å². The molecule has 7 heteroatoms. The Bertz CT molecular complexity index is 560. The third-order valence-electron chi connectivity index (χ3n) is 2.92. The van der Waals surface area contributed by atoms with Crippen LogP contribution in [0.5, 0.6) is 0 Å². The summed E-state index contributed by atoms with van der Waals surface area (Å²) in [6, 6.07) is 5.07. The lowest BCUT2D eigenvalue weighted by atomic mass is 10.1.